The van der Waals surface area contributed by atoms with Crippen molar-refractivity contribution < 1.29 is 4.74 Å². The summed E-state index contributed by atoms with van der Waals surface area (Å²) in [5.41, 5.74) is 8.52. The number of thiazole rings is 1. The molecule has 1 fully saturated rings. The van der Waals surface area contributed by atoms with Crippen LogP contribution in [0.5, 0.6) is 0 Å². The van der Waals surface area contributed by atoms with Crippen LogP contribution in [0.4, 0.5) is 0 Å². The molecule has 0 aliphatic heterocycles. The van der Waals surface area contributed by atoms with E-state index < -0.39 is 0 Å². The normalized spacial score (nSPS) is 20.8. The monoisotopic (exact) mass is 212 g/mol. The van der Waals surface area contributed by atoms with E-state index in [9.17, 15) is 0 Å². The first kappa shape index (κ1) is 10.1. The third-order valence-electron chi connectivity index (χ3n) is 2.88. The first-order valence-electron chi connectivity index (χ1n) is 4.90. The lowest BCUT2D eigenvalue weighted by Gasteiger charge is -2.25. The molecule has 2 rings (SSSR count). The molecule has 1 heterocycles. The molecular weight excluding hydrogens is 196 g/mol. The molecule has 3 nitrogen and oxygen atoms in total. The first-order chi connectivity index (χ1) is 6.71. The van der Waals surface area contributed by atoms with Gasteiger partial charge in [0.15, 0.2) is 0 Å². The van der Waals surface area contributed by atoms with E-state index in [0.29, 0.717) is 12.5 Å². The van der Waals surface area contributed by atoms with Crippen molar-refractivity contribution in [1.29, 1.82) is 0 Å². The van der Waals surface area contributed by atoms with Gasteiger partial charge in [-0.25, -0.2) is 4.98 Å². The van der Waals surface area contributed by atoms with Crippen molar-refractivity contribution in [2.24, 2.45) is 5.73 Å². The maximum absolute atomic E-state index is 5.75. The Kier molecular flexibility index (Phi) is 2.60. The second-order valence-corrected chi connectivity index (χ2v) is 4.83. The summed E-state index contributed by atoms with van der Waals surface area (Å²) in [6, 6.07) is 0. The molecule has 1 aromatic heterocycles. The zero-order valence-corrected chi connectivity index (χ0v) is 9.43. The van der Waals surface area contributed by atoms with Crippen LogP contribution in [0.2, 0.25) is 0 Å². The molecule has 0 spiro atoms. The van der Waals surface area contributed by atoms with Gasteiger partial charge in [-0.05, 0) is 19.8 Å². The van der Waals surface area contributed by atoms with E-state index in [0.717, 1.165) is 0 Å². The molecular formula is C10H16N2OS. The topological polar surface area (TPSA) is 48.1 Å². The largest absolute Gasteiger partial charge is 0.372 e. The minimum absolute atomic E-state index is 0.348. The third kappa shape index (κ3) is 1.58. The summed E-state index contributed by atoms with van der Waals surface area (Å²) in [4.78, 5) is 5.64. The average molecular weight is 212 g/mol. The summed E-state index contributed by atoms with van der Waals surface area (Å²) in [6.07, 6.45) is 2.53. The van der Waals surface area contributed by atoms with Crippen LogP contribution in [0.15, 0.2) is 5.51 Å². The molecule has 1 unspecified atom stereocenters. The molecule has 1 aliphatic rings. The number of nitrogens with two attached hydrogens (primary N) is 1. The molecule has 0 bridgehead atoms. The van der Waals surface area contributed by atoms with Gasteiger partial charge in [0.25, 0.3) is 0 Å². The van der Waals surface area contributed by atoms with Gasteiger partial charge >= 0.3 is 0 Å². The number of nitrogens with zero attached hydrogens (tertiary/aromatic N) is 1. The molecule has 0 amide bonds. The number of methoxy groups -OCH3 is 1. The number of hydrogen-bond donors (Lipinski definition) is 1. The van der Waals surface area contributed by atoms with E-state index in [1.54, 1.807) is 18.4 Å². The van der Waals surface area contributed by atoms with Crippen LogP contribution in [0.1, 0.15) is 36.3 Å². The maximum atomic E-state index is 5.75. The van der Waals surface area contributed by atoms with E-state index in [4.69, 9.17) is 10.5 Å². The Labute approximate surface area is 88.3 Å². The van der Waals surface area contributed by atoms with Crippen LogP contribution < -0.4 is 5.73 Å². The van der Waals surface area contributed by atoms with Gasteiger partial charge in [-0.15, -0.1) is 11.3 Å². The van der Waals surface area contributed by atoms with Crippen LogP contribution in [0, 0.1) is 0 Å². The van der Waals surface area contributed by atoms with Gasteiger partial charge in [0.1, 0.15) is 5.60 Å². The molecule has 1 aromatic rings. The van der Waals surface area contributed by atoms with Gasteiger partial charge in [0, 0.05) is 19.6 Å². The number of rotatable bonds is 4. The Morgan fingerprint density at radius 3 is 2.93 bits per heavy atom. The quantitative estimate of drug-likeness (QED) is 0.828. The second-order valence-electron chi connectivity index (χ2n) is 3.98. The molecule has 4 heteroatoms. The predicted molar refractivity (Wildman–Crippen MR) is 57.5 cm³/mol. The van der Waals surface area contributed by atoms with Gasteiger partial charge in [0.2, 0.25) is 0 Å². The van der Waals surface area contributed by atoms with Crippen molar-refractivity contribution in [2.75, 3.05) is 13.7 Å². The summed E-state index contributed by atoms with van der Waals surface area (Å²) in [7, 11) is 1.71. The molecule has 0 aromatic carbocycles. The van der Waals surface area contributed by atoms with Gasteiger partial charge in [0.05, 0.1) is 16.1 Å². The molecule has 1 aliphatic carbocycles. The van der Waals surface area contributed by atoms with Crippen molar-refractivity contribution in [3.63, 3.8) is 0 Å². The fraction of sp³-hybridized carbons (Fsp3) is 0.700. The summed E-state index contributed by atoms with van der Waals surface area (Å²) in [5, 5.41) is 0. The van der Waals surface area contributed by atoms with E-state index in [1.165, 1.54) is 23.4 Å². The summed E-state index contributed by atoms with van der Waals surface area (Å²) >= 11 is 1.66. The maximum Gasteiger partial charge on any atom is 0.113 e. The molecule has 0 saturated heterocycles. The van der Waals surface area contributed by atoms with Crippen molar-refractivity contribution in [3.8, 4) is 0 Å². The Balaban J connectivity index is 2.33. The standard InChI is InChI=1S/C10H16N2OS/c1-10(5-11,13-2)9-8(7-3-4-7)12-6-14-9/h6-7H,3-5,11H2,1-2H3. The molecule has 1 atom stereocenters. The number of ether oxygens (including phenoxy) is 1. The summed E-state index contributed by atoms with van der Waals surface area (Å²) in [6.45, 7) is 2.54. The zero-order valence-electron chi connectivity index (χ0n) is 8.62. The average Bonchev–Trinajstić information content (AvgIpc) is 2.95. The van der Waals surface area contributed by atoms with Crippen LogP contribution in [0.3, 0.4) is 0 Å². The lowest BCUT2D eigenvalue weighted by Crippen LogP contribution is -2.33. The van der Waals surface area contributed by atoms with Gasteiger partial charge in [-0.3, -0.25) is 0 Å². The van der Waals surface area contributed by atoms with Crippen LogP contribution in [-0.2, 0) is 10.3 Å². The zero-order chi connectivity index (χ0) is 10.2. The minimum Gasteiger partial charge on any atom is -0.372 e. The van der Waals surface area contributed by atoms with Crippen molar-refractivity contribution in [3.05, 3.63) is 16.1 Å². The minimum atomic E-state index is -0.348. The third-order valence-corrected chi connectivity index (χ3v) is 3.97. The first-order valence-corrected chi connectivity index (χ1v) is 5.78. The van der Waals surface area contributed by atoms with Gasteiger partial charge < -0.3 is 10.5 Å². The van der Waals surface area contributed by atoms with Gasteiger partial charge in [-0.1, -0.05) is 0 Å². The van der Waals surface area contributed by atoms with Gasteiger partial charge in [-0.2, -0.15) is 0 Å². The van der Waals surface area contributed by atoms with Crippen molar-refractivity contribution >= 4 is 11.3 Å². The van der Waals surface area contributed by atoms with E-state index in [1.807, 2.05) is 12.4 Å². The predicted octanol–water partition coefficient (Wildman–Crippen LogP) is 1.84. The highest BCUT2D eigenvalue weighted by molar-refractivity contribution is 7.09. The smallest absolute Gasteiger partial charge is 0.113 e. The molecule has 78 valence electrons. The van der Waals surface area contributed by atoms with Crippen LogP contribution in [-0.4, -0.2) is 18.6 Å². The van der Waals surface area contributed by atoms with E-state index >= 15 is 0 Å². The fourth-order valence-electron chi connectivity index (χ4n) is 1.57. The van der Waals surface area contributed by atoms with E-state index in [2.05, 4.69) is 4.98 Å². The number of hydrogen-bond acceptors (Lipinski definition) is 4. The second kappa shape index (κ2) is 3.61. The summed E-state index contributed by atoms with van der Waals surface area (Å²) in [5.74, 6) is 0.664. The Hall–Kier alpha value is -0.450. The Bertz CT molecular complexity index is 316. The van der Waals surface area contributed by atoms with E-state index in [-0.39, 0.29) is 5.60 Å². The van der Waals surface area contributed by atoms with Crippen molar-refractivity contribution in [2.45, 2.75) is 31.3 Å². The Morgan fingerprint density at radius 1 is 1.71 bits per heavy atom. The highest BCUT2D eigenvalue weighted by atomic mass is 32.1. The summed E-state index contributed by atoms with van der Waals surface area (Å²) < 4.78 is 5.50. The molecule has 14 heavy (non-hydrogen) atoms. The lowest BCUT2D eigenvalue weighted by atomic mass is 10.0. The molecule has 2 N–H and O–H groups in total. The highest BCUT2D eigenvalue weighted by Crippen LogP contribution is 2.45. The van der Waals surface area contributed by atoms with Crippen molar-refractivity contribution in [1.82, 2.24) is 4.98 Å². The highest BCUT2D eigenvalue weighted by Gasteiger charge is 2.36. The fourth-order valence-corrected chi connectivity index (χ4v) is 2.59. The van der Waals surface area contributed by atoms with Crippen LogP contribution in [0.25, 0.3) is 0 Å². The number of aromatic nitrogens is 1. The van der Waals surface area contributed by atoms with Crippen LogP contribution >= 0.6 is 11.3 Å². The molecule has 1 saturated carbocycles. The SMILES string of the molecule is COC(C)(CN)c1scnc1C1CC1. The molecule has 0 radical (unpaired) electrons. The lowest BCUT2D eigenvalue weighted by molar-refractivity contribution is 0.0123. The Morgan fingerprint density at radius 2 is 2.43 bits per heavy atom.